The number of rotatable bonds is 9. The summed E-state index contributed by atoms with van der Waals surface area (Å²) in [6.07, 6.45) is 3.90. The van der Waals surface area contributed by atoms with Crippen molar-refractivity contribution in [2.75, 3.05) is 19.7 Å². The van der Waals surface area contributed by atoms with Crippen molar-refractivity contribution in [2.45, 2.75) is 64.7 Å². The number of fused-ring (bicyclic) bond motifs is 1. The number of hydrogen-bond donors (Lipinski definition) is 1. The van der Waals surface area contributed by atoms with Gasteiger partial charge in [0, 0.05) is 37.9 Å². The molecule has 7 heteroatoms. The van der Waals surface area contributed by atoms with Crippen LogP contribution < -0.4 is 5.56 Å². The second-order valence-electron chi connectivity index (χ2n) is 9.74. The largest absolute Gasteiger partial charge is 0.391 e. The number of ether oxygens (including phenoxy) is 1. The Morgan fingerprint density at radius 2 is 1.83 bits per heavy atom. The minimum absolute atomic E-state index is 0.0554. The summed E-state index contributed by atoms with van der Waals surface area (Å²) in [6, 6.07) is 13.6. The standard InChI is InChI=1S/C28H35N3O4/c1-4-35-28(3,27(34)30-13-5-6-14-30)17-22-10-8-21(9-11-22)16-24(32)19-31-26(33)25-15-20(2)7-12-23(25)18-29-31/h7-12,15,18,24,32H,4-6,13-14,16-17,19H2,1-3H3. The molecule has 0 aliphatic carbocycles. The number of aryl methyl sites for hydroxylation is 1. The van der Waals surface area contributed by atoms with Crippen LogP contribution in [0.1, 0.15) is 43.4 Å². The number of aliphatic hydroxyl groups excluding tert-OH is 1. The third-order valence-electron chi connectivity index (χ3n) is 6.74. The lowest BCUT2D eigenvalue weighted by Gasteiger charge is -2.32. The van der Waals surface area contributed by atoms with Gasteiger partial charge in [0.05, 0.1) is 24.2 Å². The fourth-order valence-corrected chi connectivity index (χ4v) is 4.90. The first-order chi connectivity index (χ1) is 16.8. The second kappa shape index (κ2) is 10.7. The lowest BCUT2D eigenvalue weighted by molar-refractivity contribution is -0.154. The summed E-state index contributed by atoms with van der Waals surface area (Å²) in [7, 11) is 0. The molecule has 1 aliphatic heterocycles. The minimum Gasteiger partial charge on any atom is -0.391 e. The van der Waals surface area contributed by atoms with E-state index in [1.54, 1.807) is 6.20 Å². The Kier molecular flexibility index (Phi) is 7.67. The van der Waals surface area contributed by atoms with Crippen molar-refractivity contribution in [1.82, 2.24) is 14.7 Å². The Morgan fingerprint density at radius 3 is 2.51 bits per heavy atom. The number of benzene rings is 2. The molecule has 7 nitrogen and oxygen atoms in total. The zero-order chi connectivity index (χ0) is 25.0. The number of carbonyl (C=O) groups excluding carboxylic acids is 1. The van der Waals surface area contributed by atoms with Gasteiger partial charge in [-0.05, 0) is 50.8 Å². The molecule has 2 aromatic carbocycles. The Hall–Kier alpha value is -3.03. The molecule has 4 rings (SSSR count). The molecule has 1 aliphatic rings. The number of amides is 1. The quantitative estimate of drug-likeness (QED) is 0.511. The molecular formula is C28H35N3O4. The number of likely N-dealkylation sites (tertiary alicyclic amines) is 1. The Balaban J connectivity index is 1.41. The molecule has 1 amide bonds. The van der Waals surface area contributed by atoms with Crippen LogP contribution in [0.3, 0.4) is 0 Å². The van der Waals surface area contributed by atoms with Gasteiger partial charge in [-0.1, -0.05) is 42.0 Å². The van der Waals surface area contributed by atoms with Crippen LogP contribution >= 0.6 is 0 Å². The topological polar surface area (TPSA) is 84.7 Å². The molecule has 0 saturated carbocycles. The van der Waals surface area contributed by atoms with Gasteiger partial charge in [0.15, 0.2) is 0 Å². The predicted octanol–water partition coefficient (Wildman–Crippen LogP) is 3.27. The molecule has 1 aromatic heterocycles. The van der Waals surface area contributed by atoms with E-state index in [0.717, 1.165) is 48.0 Å². The Morgan fingerprint density at radius 1 is 1.14 bits per heavy atom. The fraction of sp³-hybridized carbons (Fsp3) is 0.464. The van der Waals surface area contributed by atoms with E-state index in [2.05, 4.69) is 5.10 Å². The summed E-state index contributed by atoms with van der Waals surface area (Å²) in [5, 5.41) is 16.3. The van der Waals surface area contributed by atoms with Gasteiger partial charge in [0.1, 0.15) is 5.60 Å². The molecule has 1 N–H and O–H groups in total. The molecule has 1 fully saturated rings. The van der Waals surface area contributed by atoms with E-state index in [0.29, 0.717) is 24.8 Å². The fourth-order valence-electron chi connectivity index (χ4n) is 4.90. The van der Waals surface area contributed by atoms with Gasteiger partial charge in [0.25, 0.3) is 11.5 Å². The maximum absolute atomic E-state index is 13.1. The van der Waals surface area contributed by atoms with Crippen molar-refractivity contribution in [3.8, 4) is 0 Å². The molecule has 0 spiro atoms. The summed E-state index contributed by atoms with van der Waals surface area (Å²) in [5.41, 5.74) is 1.89. The van der Waals surface area contributed by atoms with Crippen molar-refractivity contribution >= 4 is 16.7 Å². The van der Waals surface area contributed by atoms with Crippen LogP contribution in [-0.4, -0.2) is 57.1 Å². The van der Waals surface area contributed by atoms with E-state index in [1.165, 1.54) is 4.68 Å². The Bertz CT molecular complexity index is 1230. The molecule has 2 atom stereocenters. The average Bonchev–Trinajstić information content (AvgIpc) is 3.37. The number of hydrogen-bond acceptors (Lipinski definition) is 5. The van der Waals surface area contributed by atoms with Gasteiger partial charge in [-0.3, -0.25) is 9.59 Å². The van der Waals surface area contributed by atoms with Gasteiger partial charge in [-0.25, -0.2) is 4.68 Å². The van der Waals surface area contributed by atoms with Gasteiger partial charge in [-0.2, -0.15) is 5.10 Å². The monoisotopic (exact) mass is 477 g/mol. The van der Waals surface area contributed by atoms with Crippen LogP contribution in [0, 0.1) is 6.92 Å². The van der Waals surface area contributed by atoms with Gasteiger partial charge in [0.2, 0.25) is 0 Å². The summed E-state index contributed by atoms with van der Waals surface area (Å²) >= 11 is 0. The van der Waals surface area contributed by atoms with Gasteiger partial charge >= 0.3 is 0 Å². The van der Waals surface area contributed by atoms with Crippen molar-refractivity contribution in [2.24, 2.45) is 0 Å². The third-order valence-corrected chi connectivity index (χ3v) is 6.74. The van der Waals surface area contributed by atoms with Crippen molar-refractivity contribution in [3.05, 3.63) is 75.7 Å². The SMILES string of the molecule is CCOC(C)(Cc1ccc(CC(O)Cn2ncc3ccc(C)cc3c2=O)cc1)C(=O)N1CCCC1. The Labute approximate surface area is 206 Å². The number of nitrogens with zero attached hydrogens (tertiary/aromatic N) is 3. The number of aliphatic hydroxyl groups is 1. The lowest BCUT2D eigenvalue weighted by Crippen LogP contribution is -2.49. The van der Waals surface area contributed by atoms with E-state index in [4.69, 9.17) is 4.74 Å². The van der Waals surface area contributed by atoms with E-state index < -0.39 is 11.7 Å². The van der Waals surface area contributed by atoms with E-state index in [-0.39, 0.29) is 18.0 Å². The zero-order valence-corrected chi connectivity index (χ0v) is 20.9. The highest BCUT2D eigenvalue weighted by Crippen LogP contribution is 2.24. The highest BCUT2D eigenvalue weighted by atomic mass is 16.5. The highest BCUT2D eigenvalue weighted by Gasteiger charge is 2.38. The molecule has 1 saturated heterocycles. The first-order valence-corrected chi connectivity index (χ1v) is 12.4. The maximum Gasteiger partial charge on any atom is 0.274 e. The lowest BCUT2D eigenvalue weighted by atomic mass is 9.93. The van der Waals surface area contributed by atoms with Crippen molar-refractivity contribution < 1.29 is 14.6 Å². The normalized spacial score (nSPS) is 16.4. The van der Waals surface area contributed by atoms with Crippen molar-refractivity contribution in [1.29, 1.82) is 0 Å². The third kappa shape index (κ3) is 5.80. The molecule has 35 heavy (non-hydrogen) atoms. The first-order valence-electron chi connectivity index (χ1n) is 12.4. The molecule has 2 heterocycles. The maximum atomic E-state index is 13.1. The molecule has 0 bridgehead atoms. The highest BCUT2D eigenvalue weighted by molar-refractivity contribution is 5.85. The van der Waals surface area contributed by atoms with Crippen LogP contribution in [0.2, 0.25) is 0 Å². The summed E-state index contributed by atoms with van der Waals surface area (Å²) < 4.78 is 7.28. The summed E-state index contributed by atoms with van der Waals surface area (Å²) in [4.78, 5) is 27.8. The van der Waals surface area contributed by atoms with Gasteiger partial charge < -0.3 is 14.7 Å². The molecule has 3 aromatic rings. The van der Waals surface area contributed by atoms with Crippen LogP contribution in [0.15, 0.2) is 53.5 Å². The van der Waals surface area contributed by atoms with Crippen molar-refractivity contribution in [3.63, 3.8) is 0 Å². The van der Waals surface area contributed by atoms with Crippen LogP contribution in [0.5, 0.6) is 0 Å². The van der Waals surface area contributed by atoms with E-state index in [1.807, 2.05) is 68.1 Å². The second-order valence-corrected chi connectivity index (χ2v) is 9.74. The molecule has 186 valence electrons. The summed E-state index contributed by atoms with van der Waals surface area (Å²) in [6.45, 7) is 7.93. The average molecular weight is 478 g/mol. The van der Waals surface area contributed by atoms with Crippen LogP contribution in [-0.2, 0) is 28.9 Å². The minimum atomic E-state index is -0.888. The smallest absolute Gasteiger partial charge is 0.274 e. The number of carbonyl (C=O) groups is 1. The zero-order valence-electron chi connectivity index (χ0n) is 20.9. The van der Waals surface area contributed by atoms with Crippen LogP contribution in [0.25, 0.3) is 10.8 Å². The van der Waals surface area contributed by atoms with Gasteiger partial charge in [-0.15, -0.1) is 0 Å². The predicted molar refractivity (Wildman–Crippen MR) is 136 cm³/mol. The van der Waals surface area contributed by atoms with E-state index in [9.17, 15) is 14.7 Å². The first kappa shape index (κ1) is 25.1. The van der Waals surface area contributed by atoms with E-state index >= 15 is 0 Å². The molecule has 2 unspecified atom stereocenters. The molecular weight excluding hydrogens is 442 g/mol. The summed E-state index contributed by atoms with van der Waals surface area (Å²) in [5.74, 6) is 0.0554. The number of aromatic nitrogens is 2. The van der Waals surface area contributed by atoms with Crippen LogP contribution in [0.4, 0.5) is 0 Å². The molecule has 0 radical (unpaired) electrons.